The molecule has 2 aromatic heterocycles. The van der Waals surface area contributed by atoms with Crippen LogP contribution in [0.4, 0.5) is 11.5 Å². The van der Waals surface area contributed by atoms with Crippen molar-refractivity contribution < 1.29 is 0 Å². The molecule has 1 aliphatic rings. The van der Waals surface area contributed by atoms with E-state index in [0.29, 0.717) is 0 Å². The Balaban J connectivity index is 1.73. The third-order valence-corrected chi connectivity index (χ3v) is 3.72. The van der Waals surface area contributed by atoms with Crippen LogP contribution in [-0.4, -0.2) is 15.0 Å². The number of hydrogen-bond acceptors (Lipinski definition) is 3. The van der Waals surface area contributed by atoms with E-state index >= 15 is 0 Å². The van der Waals surface area contributed by atoms with Crippen molar-refractivity contribution in [2.75, 3.05) is 5.32 Å². The van der Waals surface area contributed by atoms with Gasteiger partial charge in [0.25, 0.3) is 0 Å². The molecule has 94 valence electrons. The van der Waals surface area contributed by atoms with Crippen molar-refractivity contribution in [3.8, 4) is 0 Å². The molecular formula is C15H14N4. The highest BCUT2D eigenvalue weighted by atomic mass is 15.0. The maximum Gasteiger partial charge on any atom is 0.143 e. The Bertz CT molecular complexity index is 745. The maximum atomic E-state index is 4.33. The smallest absolute Gasteiger partial charge is 0.143 e. The van der Waals surface area contributed by atoms with E-state index < -0.39 is 0 Å². The maximum absolute atomic E-state index is 4.33. The lowest BCUT2D eigenvalue weighted by atomic mass is 10.1. The van der Waals surface area contributed by atoms with E-state index in [1.807, 2.05) is 12.3 Å². The van der Waals surface area contributed by atoms with Crippen molar-refractivity contribution in [3.05, 3.63) is 47.9 Å². The van der Waals surface area contributed by atoms with Crippen molar-refractivity contribution in [1.82, 2.24) is 15.0 Å². The minimum atomic E-state index is 0.851. The fraction of sp³-hybridized carbons (Fsp3) is 0.200. The van der Waals surface area contributed by atoms with E-state index in [1.54, 1.807) is 6.33 Å². The molecule has 0 spiro atoms. The summed E-state index contributed by atoms with van der Waals surface area (Å²) < 4.78 is 0. The molecule has 0 radical (unpaired) electrons. The summed E-state index contributed by atoms with van der Waals surface area (Å²) in [7, 11) is 0. The van der Waals surface area contributed by atoms with Gasteiger partial charge in [-0.05, 0) is 48.6 Å². The molecule has 0 aliphatic heterocycles. The Hall–Kier alpha value is -2.36. The fourth-order valence-electron chi connectivity index (χ4n) is 2.76. The molecule has 4 rings (SSSR count). The second-order valence-corrected chi connectivity index (χ2v) is 4.92. The second kappa shape index (κ2) is 4.09. The van der Waals surface area contributed by atoms with Crippen molar-refractivity contribution >= 4 is 22.5 Å². The van der Waals surface area contributed by atoms with Gasteiger partial charge in [0.05, 0.1) is 5.39 Å². The van der Waals surface area contributed by atoms with Crippen molar-refractivity contribution in [2.24, 2.45) is 0 Å². The Kier molecular flexibility index (Phi) is 2.27. The summed E-state index contributed by atoms with van der Waals surface area (Å²) in [5, 5.41) is 4.41. The summed E-state index contributed by atoms with van der Waals surface area (Å²) in [6, 6.07) is 8.58. The number of nitrogens with one attached hydrogen (secondary N) is 2. The fourth-order valence-corrected chi connectivity index (χ4v) is 2.76. The number of rotatable bonds is 2. The molecule has 0 fully saturated rings. The Morgan fingerprint density at radius 1 is 1.05 bits per heavy atom. The number of hydrogen-bond donors (Lipinski definition) is 2. The lowest BCUT2D eigenvalue weighted by molar-refractivity contribution is 0.912. The molecule has 0 saturated carbocycles. The molecule has 0 atom stereocenters. The first-order chi connectivity index (χ1) is 9.40. The number of benzene rings is 1. The molecule has 1 aliphatic carbocycles. The van der Waals surface area contributed by atoms with E-state index in [9.17, 15) is 0 Å². The van der Waals surface area contributed by atoms with Crippen LogP contribution in [-0.2, 0) is 12.8 Å². The number of aromatic amines is 1. The second-order valence-electron chi connectivity index (χ2n) is 4.92. The summed E-state index contributed by atoms with van der Waals surface area (Å²) in [5.41, 5.74) is 4.91. The standard InChI is InChI=1S/C15H14N4/c1-2-10-4-5-12(8-11(10)3-1)19-15-13-6-7-16-14(13)17-9-18-15/h4-9H,1-3H2,(H2,16,17,18,19). The molecule has 4 heteroatoms. The van der Waals surface area contributed by atoms with Gasteiger partial charge in [0.1, 0.15) is 17.8 Å². The average molecular weight is 250 g/mol. The summed E-state index contributed by atoms with van der Waals surface area (Å²) in [4.78, 5) is 11.6. The first-order valence-corrected chi connectivity index (χ1v) is 6.57. The van der Waals surface area contributed by atoms with E-state index in [2.05, 4.69) is 38.5 Å². The number of fused-ring (bicyclic) bond motifs is 2. The molecule has 0 amide bonds. The van der Waals surface area contributed by atoms with Crippen molar-refractivity contribution in [2.45, 2.75) is 19.3 Å². The Morgan fingerprint density at radius 2 is 2.00 bits per heavy atom. The minimum Gasteiger partial charge on any atom is -0.346 e. The van der Waals surface area contributed by atoms with Gasteiger partial charge < -0.3 is 10.3 Å². The van der Waals surface area contributed by atoms with Gasteiger partial charge in [0.2, 0.25) is 0 Å². The molecule has 0 unspecified atom stereocenters. The highest BCUT2D eigenvalue weighted by Crippen LogP contribution is 2.27. The molecule has 0 saturated heterocycles. The van der Waals surface area contributed by atoms with Crippen LogP contribution >= 0.6 is 0 Å². The number of H-pyrrole nitrogens is 1. The third kappa shape index (κ3) is 1.76. The van der Waals surface area contributed by atoms with Gasteiger partial charge in [-0.1, -0.05) is 6.07 Å². The highest BCUT2D eigenvalue weighted by Gasteiger charge is 2.11. The van der Waals surface area contributed by atoms with E-state index in [1.165, 1.54) is 30.4 Å². The normalized spacial score (nSPS) is 13.7. The Labute approximate surface area is 110 Å². The lowest BCUT2D eigenvalue weighted by Crippen LogP contribution is -1.96. The van der Waals surface area contributed by atoms with E-state index in [0.717, 1.165) is 22.5 Å². The van der Waals surface area contributed by atoms with Gasteiger partial charge in [-0.25, -0.2) is 9.97 Å². The van der Waals surface area contributed by atoms with Gasteiger partial charge in [-0.2, -0.15) is 0 Å². The molecular weight excluding hydrogens is 236 g/mol. The van der Waals surface area contributed by atoms with Gasteiger partial charge >= 0.3 is 0 Å². The van der Waals surface area contributed by atoms with E-state index in [-0.39, 0.29) is 0 Å². The van der Waals surface area contributed by atoms with Gasteiger partial charge in [-0.15, -0.1) is 0 Å². The zero-order chi connectivity index (χ0) is 12.7. The first-order valence-electron chi connectivity index (χ1n) is 6.57. The SMILES string of the molecule is c1nc(Nc2ccc3c(c2)CCC3)c2cc[nH]c2n1. The first kappa shape index (κ1) is 10.6. The highest BCUT2D eigenvalue weighted by molar-refractivity contribution is 5.88. The van der Waals surface area contributed by atoms with Crippen LogP contribution in [0.5, 0.6) is 0 Å². The molecule has 19 heavy (non-hydrogen) atoms. The predicted molar refractivity (Wildman–Crippen MR) is 75.6 cm³/mol. The number of nitrogens with zero attached hydrogens (tertiary/aromatic N) is 2. The van der Waals surface area contributed by atoms with Crippen LogP contribution in [0.15, 0.2) is 36.8 Å². The van der Waals surface area contributed by atoms with Gasteiger partial charge in [0, 0.05) is 11.9 Å². The topological polar surface area (TPSA) is 53.6 Å². The molecule has 4 nitrogen and oxygen atoms in total. The molecule has 0 bridgehead atoms. The molecule has 2 N–H and O–H groups in total. The molecule has 3 aromatic rings. The number of aryl methyl sites for hydroxylation is 2. The zero-order valence-corrected chi connectivity index (χ0v) is 10.5. The van der Waals surface area contributed by atoms with Crippen LogP contribution in [0, 0.1) is 0 Å². The monoisotopic (exact) mass is 250 g/mol. The van der Waals surface area contributed by atoms with E-state index in [4.69, 9.17) is 0 Å². The quantitative estimate of drug-likeness (QED) is 0.734. The summed E-state index contributed by atoms with van der Waals surface area (Å²) >= 11 is 0. The van der Waals surface area contributed by atoms with Crippen LogP contribution in [0.25, 0.3) is 11.0 Å². The van der Waals surface area contributed by atoms with Crippen LogP contribution in [0.2, 0.25) is 0 Å². The lowest BCUT2D eigenvalue weighted by Gasteiger charge is -2.08. The number of anilines is 2. The summed E-state index contributed by atoms with van der Waals surface area (Å²) in [6.07, 6.45) is 7.13. The Morgan fingerprint density at radius 3 is 3.00 bits per heavy atom. The molecule has 1 aromatic carbocycles. The van der Waals surface area contributed by atoms with Crippen LogP contribution in [0.1, 0.15) is 17.5 Å². The molecule has 2 heterocycles. The zero-order valence-electron chi connectivity index (χ0n) is 10.5. The van der Waals surface area contributed by atoms with Crippen LogP contribution < -0.4 is 5.32 Å². The van der Waals surface area contributed by atoms with Crippen molar-refractivity contribution in [1.29, 1.82) is 0 Å². The third-order valence-electron chi connectivity index (χ3n) is 3.72. The summed E-state index contributed by atoms with van der Waals surface area (Å²) in [5.74, 6) is 0.851. The van der Waals surface area contributed by atoms with Gasteiger partial charge in [-0.3, -0.25) is 0 Å². The van der Waals surface area contributed by atoms with Crippen molar-refractivity contribution in [3.63, 3.8) is 0 Å². The average Bonchev–Trinajstić information content (AvgIpc) is 3.06. The van der Waals surface area contributed by atoms with Crippen LogP contribution in [0.3, 0.4) is 0 Å². The predicted octanol–water partition coefficient (Wildman–Crippen LogP) is 3.19. The number of aromatic nitrogens is 3. The minimum absolute atomic E-state index is 0.851. The van der Waals surface area contributed by atoms with Gasteiger partial charge in [0.15, 0.2) is 0 Å². The summed E-state index contributed by atoms with van der Waals surface area (Å²) in [6.45, 7) is 0. The largest absolute Gasteiger partial charge is 0.346 e.